The molecule has 2 rings (SSSR count). The van der Waals surface area contributed by atoms with Crippen LogP contribution in [0.15, 0.2) is 30.3 Å². The predicted molar refractivity (Wildman–Crippen MR) is 67.8 cm³/mol. The summed E-state index contributed by atoms with van der Waals surface area (Å²) < 4.78 is 0. The highest BCUT2D eigenvalue weighted by atomic mass is 35.5. The van der Waals surface area contributed by atoms with Crippen molar-refractivity contribution in [2.45, 2.75) is 6.92 Å². The first-order valence-electron chi connectivity index (χ1n) is 5.16. The first-order chi connectivity index (χ1) is 8.56. The number of aromatic hydroxyl groups is 1. The molecule has 0 aliphatic rings. The molecule has 92 valence electrons. The van der Waals surface area contributed by atoms with Crippen molar-refractivity contribution in [1.29, 1.82) is 0 Å². The Labute approximate surface area is 108 Å². The molecule has 6 heteroatoms. The number of aromatic nitrogens is 2. The summed E-state index contributed by atoms with van der Waals surface area (Å²) in [6.45, 7) is 1.74. The molecule has 0 bridgehead atoms. The van der Waals surface area contributed by atoms with E-state index in [1.54, 1.807) is 19.1 Å². The van der Waals surface area contributed by atoms with Crippen LogP contribution < -0.4 is 5.32 Å². The van der Waals surface area contributed by atoms with Gasteiger partial charge in [-0.15, -0.1) is 10.2 Å². The molecule has 2 aromatic rings. The molecule has 1 heterocycles. The van der Waals surface area contributed by atoms with E-state index in [4.69, 9.17) is 11.6 Å². The number of carbonyl (C=O) groups is 1. The van der Waals surface area contributed by atoms with Crippen LogP contribution >= 0.6 is 11.6 Å². The summed E-state index contributed by atoms with van der Waals surface area (Å²) in [5, 5.41) is 19.5. The highest BCUT2D eigenvalue weighted by molar-refractivity contribution is 6.29. The molecule has 5 nitrogen and oxygen atoms in total. The van der Waals surface area contributed by atoms with Crippen molar-refractivity contribution in [3.63, 3.8) is 0 Å². The summed E-state index contributed by atoms with van der Waals surface area (Å²) in [6.07, 6.45) is 0. The second-order valence-corrected chi connectivity index (χ2v) is 4.08. The van der Waals surface area contributed by atoms with E-state index in [2.05, 4.69) is 15.5 Å². The number of amides is 1. The molecular formula is C12H10ClN3O2. The number of rotatable bonds is 2. The monoisotopic (exact) mass is 263 g/mol. The SMILES string of the molecule is Cc1cc(O)ccc1C(=O)Nc1ccc(Cl)nn1. The van der Waals surface area contributed by atoms with Gasteiger partial charge in [-0.2, -0.15) is 0 Å². The van der Waals surface area contributed by atoms with Crippen LogP contribution in [0.3, 0.4) is 0 Å². The number of benzene rings is 1. The first kappa shape index (κ1) is 12.3. The smallest absolute Gasteiger partial charge is 0.257 e. The molecule has 1 aromatic carbocycles. The standard InChI is InChI=1S/C12H10ClN3O2/c1-7-6-8(17)2-3-9(7)12(18)14-11-5-4-10(13)15-16-11/h2-6,17H,1H3,(H,14,16,18). The maximum Gasteiger partial charge on any atom is 0.257 e. The van der Waals surface area contributed by atoms with Crippen LogP contribution in [0, 0.1) is 6.92 Å². The predicted octanol–water partition coefficient (Wildman–Crippen LogP) is 2.40. The van der Waals surface area contributed by atoms with Crippen molar-refractivity contribution in [2.75, 3.05) is 5.32 Å². The number of hydrogen-bond acceptors (Lipinski definition) is 4. The Kier molecular flexibility index (Phi) is 3.43. The summed E-state index contributed by atoms with van der Waals surface area (Å²) >= 11 is 5.59. The van der Waals surface area contributed by atoms with Gasteiger partial charge in [0.05, 0.1) is 0 Å². The largest absolute Gasteiger partial charge is 0.508 e. The Hall–Kier alpha value is -2.14. The van der Waals surface area contributed by atoms with Gasteiger partial charge >= 0.3 is 0 Å². The van der Waals surface area contributed by atoms with Crippen molar-refractivity contribution in [1.82, 2.24) is 10.2 Å². The normalized spacial score (nSPS) is 10.1. The zero-order valence-corrected chi connectivity index (χ0v) is 10.3. The zero-order chi connectivity index (χ0) is 13.1. The Balaban J connectivity index is 2.19. The Morgan fingerprint density at radius 2 is 2.06 bits per heavy atom. The van der Waals surface area contributed by atoms with Gasteiger partial charge in [-0.3, -0.25) is 4.79 Å². The van der Waals surface area contributed by atoms with E-state index >= 15 is 0 Å². The Bertz CT molecular complexity index is 584. The van der Waals surface area contributed by atoms with Crippen LogP contribution in [-0.4, -0.2) is 21.2 Å². The van der Waals surface area contributed by atoms with E-state index in [0.717, 1.165) is 0 Å². The van der Waals surface area contributed by atoms with Crippen molar-refractivity contribution in [2.24, 2.45) is 0 Å². The van der Waals surface area contributed by atoms with Crippen LogP contribution in [0.1, 0.15) is 15.9 Å². The second-order valence-electron chi connectivity index (χ2n) is 3.69. The highest BCUT2D eigenvalue weighted by Crippen LogP contribution is 2.17. The number of nitrogens with zero attached hydrogens (tertiary/aromatic N) is 2. The molecule has 0 spiro atoms. The van der Waals surface area contributed by atoms with Crippen LogP contribution in [0.5, 0.6) is 5.75 Å². The number of anilines is 1. The lowest BCUT2D eigenvalue weighted by Gasteiger charge is -2.06. The lowest BCUT2D eigenvalue weighted by atomic mass is 10.1. The van der Waals surface area contributed by atoms with Gasteiger partial charge < -0.3 is 10.4 Å². The van der Waals surface area contributed by atoms with Crippen molar-refractivity contribution in [3.8, 4) is 5.75 Å². The summed E-state index contributed by atoms with van der Waals surface area (Å²) in [4.78, 5) is 11.9. The molecule has 18 heavy (non-hydrogen) atoms. The molecule has 0 unspecified atom stereocenters. The highest BCUT2D eigenvalue weighted by Gasteiger charge is 2.10. The summed E-state index contributed by atoms with van der Waals surface area (Å²) in [6, 6.07) is 7.61. The third-order valence-electron chi connectivity index (χ3n) is 2.33. The van der Waals surface area contributed by atoms with E-state index in [1.807, 2.05) is 0 Å². The number of halogens is 1. The van der Waals surface area contributed by atoms with E-state index in [-0.39, 0.29) is 16.8 Å². The number of phenolic OH excluding ortho intramolecular Hbond substituents is 1. The number of carbonyl (C=O) groups excluding carboxylic acids is 1. The van der Waals surface area contributed by atoms with Crippen molar-refractivity contribution in [3.05, 3.63) is 46.6 Å². The molecule has 2 N–H and O–H groups in total. The van der Waals surface area contributed by atoms with Crippen molar-refractivity contribution >= 4 is 23.3 Å². The quantitative estimate of drug-likeness (QED) is 0.872. The third kappa shape index (κ3) is 2.75. The molecule has 1 amide bonds. The van der Waals surface area contributed by atoms with Crippen LogP contribution in [0.4, 0.5) is 5.82 Å². The van der Waals surface area contributed by atoms with Crippen LogP contribution in [0.2, 0.25) is 5.15 Å². The minimum atomic E-state index is -0.316. The lowest BCUT2D eigenvalue weighted by molar-refractivity contribution is 0.102. The molecule has 0 aliphatic carbocycles. The topological polar surface area (TPSA) is 75.1 Å². The second kappa shape index (κ2) is 5.01. The molecule has 0 saturated carbocycles. The summed E-state index contributed by atoms with van der Waals surface area (Å²) in [5.74, 6) is 0.122. The van der Waals surface area contributed by atoms with Gasteiger partial charge in [0.25, 0.3) is 5.91 Å². The fourth-order valence-corrected chi connectivity index (χ4v) is 1.57. The molecule has 0 radical (unpaired) electrons. The van der Waals surface area contributed by atoms with Gasteiger partial charge in [-0.25, -0.2) is 0 Å². The summed E-state index contributed by atoms with van der Waals surface area (Å²) in [5.41, 5.74) is 1.14. The van der Waals surface area contributed by atoms with E-state index in [0.29, 0.717) is 16.9 Å². The van der Waals surface area contributed by atoms with Gasteiger partial charge in [0.2, 0.25) is 0 Å². The number of aryl methyl sites for hydroxylation is 1. The van der Waals surface area contributed by atoms with Gasteiger partial charge in [0, 0.05) is 5.56 Å². The van der Waals surface area contributed by atoms with E-state index < -0.39 is 0 Å². The number of hydrogen-bond donors (Lipinski definition) is 2. The number of nitrogens with one attached hydrogen (secondary N) is 1. The molecule has 0 saturated heterocycles. The first-order valence-corrected chi connectivity index (χ1v) is 5.54. The molecule has 1 aromatic heterocycles. The average molecular weight is 264 g/mol. The zero-order valence-electron chi connectivity index (χ0n) is 9.51. The molecule has 0 atom stereocenters. The van der Waals surface area contributed by atoms with E-state index in [1.165, 1.54) is 18.2 Å². The fraction of sp³-hybridized carbons (Fsp3) is 0.0833. The number of phenols is 1. The fourth-order valence-electron chi connectivity index (χ4n) is 1.47. The average Bonchev–Trinajstić information content (AvgIpc) is 2.32. The molecular weight excluding hydrogens is 254 g/mol. The van der Waals surface area contributed by atoms with Crippen LogP contribution in [0.25, 0.3) is 0 Å². The van der Waals surface area contributed by atoms with Crippen LogP contribution in [-0.2, 0) is 0 Å². The minimum Gasteiger partial charge on any atom is -0.508 e. The maximum atomic E-state index is 11.9. The van der Waals surface area contributed by atoms with Gasteiger partial charge in [-0.1, -0.05) is 11.6 Å². The molecule has 0 fully saturated rings. The Morgan fingerprint density at radius 1 is 1.28 bits per heavy atom. The summed E-state index contributed by atoms with van der Waals surface area (Å²) in [7, 11) is 0. The van der Waals surface area contributed by atoms with Gasteiger partial charge in [-0.05, 0) is 42.8 Å². The van der Waals surface area contributed by atoms with Gasteiger partial charge in [0.1, 0.15) is 5.75 Å². The van der Waals surface area contributed by atoms with E-state index in [9.17, 15) is 9.90 Å². The minimum absolute atomic E-state index is 0.121. The molecule has 0 aliphatic heterocycles. The Morgan fingerprint density at radius 3 is 2.67 bits per heavy atom. The maximum absolute atomic E-state index is 11.9. The van der Waals surface area contributed by atoms with Gasteiger partial charge in [0.15, 0.2) is 11.0 Å². The third-order valence-corrected chi connectivity index (χ3v) is 2.53. The van der Waals surface area contributed by atoms with Crippen molar-refractivity contribution < 1.29 is 9.90 Å². The lowest BCUT2D eigenvalue weighted by Crippen LogP contribution is -2.14.